The summed E-state index contributed by atoms with van der Waals surface area (Å²) in [5.41, 5.74) is 0.0476. The van der Waals surface area contributed by atoms with Gasteiger partial charge in [0.05, 0.1) is 53.4 Å². The zero-order valence-electron chi connectivity index (χ0n) is 26.1. The lowest BCUT2D eigenvalue weighted by Gasteiger charge is -2.28. The molecule has 0 spiro atoms. The molecule has 0 aliphatic carbocycles. The molecule has 0 radical (unpaired) electrons. The molecule has 250 valence electrons. The summed E-state index contributed by atoms with van der Waals surface area (Å²) >= 11 is 6.41. The maximum Gasteiger partial charge on any atom is 0.335 e. The van der Waals surface area contributed by atoms with Crippen LogP contribution in [0.15, 0.2) is 67.1 Å². The van der Waals surface area contributed by atoms with E-state index in [4.69, 9.17) is 21.1 Å². The molecular weight excluding hydrogens is 663 g/mol. The number of nitrogens with zero attached hydrogens (tertiary/aromatic N) is 7. The molecule has 0 amide bonds. The number of fused-ring (bicyclic) bond motifs is 1. The lowest BCUT2D eigenvalue weighted by atomic mass is 9.87. The number of carboxylic acids is 1. The van der Waals surface area contributed by atoms with Gasteiger partial charge in [-0.25, -0.2) is 37.6 Å². The number of hydrogen-bond donors (Lipinski definition) is 1. The van der Waals surface area contributed by atoms with Gasteiger partial charge in [0.25, 0.3) is 0 Å². The van der Waals surface area contributed by atoms with Crippen molar-refractivity contribution in [3.8, 4) is 23.0 Å². The van der Waals surface area contributed by atoms with E-state index in [1.54, 1.807) is 29.0 Å². The van der Waals surface area contributed by atoms with Crippen molar-refractivity contribution in [1.82, 2.24) is 34.5 Å². The van der Waals surface area contributed by atoms with Gasteiger partial charge in [0, 0.05) is 41.3 Å². The summed E-state index contributed by atoms with van der Waals surface area (Å²) in [7, 11) is 0. The van der Waals surface area contributed by atoms with E-state index in [1.165, 1.54) is 29.2 Å². The first-order valence-electron chi connectivity index (χ1n) is 15.1. The largest absolute Gasteiger partial charge is 0.478 e. The highest BCUT2D eigenvalue weighted by Crippen LogP contribution is 2.41. The van der Waals surface area contributed by atoms with Crippen molar-refractivity contribution in [3.05, 3.63) is 112 Å². The highest BCUT2D eigenvalue weighted by Gasteiger charge is 2.39. The van der Waals surface area contributed by atoms with Crippen LogP contribution in [0.5, 0.6) is 5.88 Å². The van der Waals surface area contributed by atoms with Crippen LogP contribution in [0.3, 0.4) is 0 Å². The Labute approximate surface area is 281 Å². The third kappa shape index (κ3) is 6.20. The second kappa shape index (κ2) is 12.6. The van der Waals surface area contributed by atoms with E-state index in [1.807, 2.05) is 13.8 Å². The molecule has 0 bridgehead atoms. The topological polar surface area (TPSA) is 130 Å². The Morgan fingerprint density at radius 2 is 1.92 bits per heavy atom. The van der Waals surface area contributed by atoms with E-state index in [2.05, 4.69) is 25.3 Å². The predicted octanol–water partition coefficient (Wildman–Crippen LogP) is 6.61. The lowest BCUT2D eigenvalue weighted by molar-refractivity contribution is 0.0696. The van der Waals surface area contributed by atoms with E-state index < -0.39 is 28.8 Å². The number of aromatic carboxylic acids is 1. The quantitative estimate of drug-likeness (QED) is 0.178. The average Bonchev–Trinajstić information content (AvgIpc) is 3.81. The number of imidazole rings is 1. The number of carboxylic acid groups (broad SMARTS) is 1. The monoisotopic (exact) mass is 689 g/mol. The first-order valence-corrected chi connectivity index (χ1v) is 15.5. The van der Waals surface area contributed by atoms with Gasteiger partial charge in [-0.15, -0.1) is 5.10 Å². The van der Waals surface area contributed by atoms with E-state index in [-0.39, 0.29) is 70.8 Å². The molecule has 7 rings (SSSR count). The van der Waals surface area contributed by atoms with Crippen LogP contribution in [0.2, 0.25) is 5.02 Å². The minimum atomic E-state index is -1.30. The van der Waals surface area contributed by atoms with Gasteiger partial charge in [-0.3, -0.25) is 0 Å². The van der Waals surface area contributed by atoms with Gasteiger partial charge < -0.3 is 19.1 Å². The molecule has 1 atom stereocenters. The van der Waals surface area contributed by atoms with E-state index in [9.17, 15) is 9.90 Å². The maximum absolute atomic E-state index is 15.7. The summed E-state index contributed by atoms with van der Waals surface area (Å²) in [6.07, 6.45) is 4.47. The first kappa shape index (κ1) is 32.2. The molecule has 15 heteroatoms. The standard InChI is InChI=1S/C34H27ClF3N7O4/c1-34(2)17-48-16-28(34)45-27-10-19(33(46)47)9-25(38)32(27)42-30(45)11-18-8-24(37)21(12-23(18)36)26-4-3-5-31(41-26)49-15-20-14-39-29(13-22(20)35)44-7-6-40-43-44/h3-10,12-14,28H,11,15-17H2,1-2H3,(H,46,47)/t28-/m1/s1. The second-order valence-corrected chi connectivity index (χ2v) is 12.7. The SMILES string of the molecule is CC1(C)COC[C@H]1n1c(Cc2cc(F)c(-c3cccc(OCc4cnc(-n5ccnn5)cc4Cl)n3)cc2F)nc2c(F)cc(C(=O)O)cc21. The van der Waals surface area contributed by atoms with Gasteiger partial charge in [0.15, 0.2) is 11.6 Å². The normalized spacial score (nSPS) is 15.6. The summed E-state index contributed by atoms with van der Waals surface area (Å²) < 4.78 is 61.2. The zero-order chi connectivity index (χ0) is 34.4. The molecule has 2 aromatic carbocycles. The van der Waals surface area contributed by atoms with Crippen LogP contribution in [0, 0.1) is 22.9 Å². The number of pyridine rings is 2. The lowest BCUT2D eigenvalue weighted by Crippen LogP contribution is -2.27. The zero-order valence-corrected chi connectivity index (χ0v) is 26.8. The van der Waals surface area contributed by atoms with E-state index in [0.717, 1.165) is 18.2 Å². The van der Waals surface area contributed by atoms with Crippen molar-refractivity contribution in [1.29, 1.82) is 0 Å². The second-order valence-electron chi connectivity index (χ2n) is 12.3. The summed E-state index contributed by atoms with van der Waals surface area (Å²) in [6.45, 7) is 4.57. The van der Waals surface area contributed by atoms with Crippen LogP contribution in [0.25, 0.3) is 28.1 Å². The fraction of sp³-hybridized carbons (Fsp3) is 0.235. The van der Waals surface area contributed by atoms with Crippen LogP contribution in [0.1, 0.15) is 47.2 Å². The molecule has 0 saturated carbocycles. The van der Waals surface area contributed by atoms with Crippen LogP contribution < -0.4 is 4.74 Å². The average molecular weight is 690 g/mol. The maximum atomic E-state index is 15.7. The minimum Gasteiger partial charge on any atom is -0.478 e. The molecule has 1 N–H and O–H groups in total. The number of halogens is 4. The van der Waals surface area contributed by atoms with E-state index >= 15 is 13.2 Å². The van der Waals surface area contributed by atoms with Gasteiger partial charge in [0.1, 0.15) is 29.6 Å². The summed E-state index contributed by atoms with van der Waals surface area (Å²) in [5.74, 6) is -2.75. The number of aromatic nitrogens is 7. The fourth-order valence-electron chi connectivity index (χ4n) is 5.87. The predicted molar refractivity (Wildman–Crippen MR) is 171 cm³/mol. The van der Waals surface area contributed by atoms with Crippen molar-refractivity contribution in [3.63, 3.8) is 0 Å². The van der Waals surface area contributed by atoms with Gasteiger partial charge >= 0.3 is 5.97 Å². The number of rotatable bonds is 9. The van der Waals surface area contributed by atoms with Crippen LogP contribution in [-0.4, -0.2) is 58.8 Å². The molecule has 6 aromatic rings. The number of hydrogen-bond acceptors (Lipinski definition) is 8. The molecule has 4 aromatic heterocycles. The summed E-state index contributed by atoms with van der Waals surface area (Å²) in [6, 6.07) is 10.3. The van der Waals surface area contributed by atoms with E-state index in [0.29, 0.717) is 23.0 Å². The third-order valence-corrected chi connectivity index (χ3v) is 8.82. The Morgan fingerprint density at radius 3 is 2.63 bits per heavy atom. The van der Waals surface area contributed by atoms with Crippen LogP contribution in [0.4, 0.5) is 13.2 Å². The molecule has 1 aliphatic rings. The Bertz CT molecular complexity index is 2230. The number of carbonyl (C=O) groups is 1. The smallest absolute Gasteiger partial charge is 0.335 e. The molecule has 0 unspecified atom stereocenters. The minimum absolute atomic E-state index is 0.00803. The number of ether oxygens (including phenoxy) is 2. The summed E-state index contributed by atoms with van der Waals surface area (Å²) in [4.78, 5) is 24.9. The van der Waals surface area contributed by atoms with Gasteiger partial charge in [-0.2, -0.15) is 0 Å². The highest BCUT2D eigenvalue weighted by atomic mass is 35.5. The molecule has 1 saturated heterocycles. The Balaban J connectivity index is 1.16. The Morgan fingerprint density at radius 1 is 1.08 bits per heavy atom. The number of benzene rings is 2. The van der Waals surface area contributed by atoms with Crippen molar-refractivity contribution in [2.45, 2.75) is 32.9 Å². The molecule has 1 fully saturated rings. The first-order chi connectivity index (χ1) is 23.5. The van der Waals surface area contributed by atoms with Crippen molar-refractivity contribution in [2.75, 3.05) is 13.2 Å². The molecule has 5 heterocycles. The van der Waals surface area contributed by atoms with Gasteiger partial charge in [-0.05, 0) is 35.9 Å². The molecular formula is C34H27ClF3N7O4. The fourth-order valence-corrected chi connectivity index (χ4v) is 6.08. The highest BCUT2D eigenvalue weighted by molar-refractivity contribution is 6.31. The Hall–Kier alpha value is -5.34. The van der Waals surface area contributed by atoms with Crippen LogP contribution in [-0.2, 0) is 17.8 Å². The van der Waals surface area contributed by atoms with Gasteiger partial charge in [0.2, 0.25) is 5.88 Å². The third-order valence-electron chi connectivity index (χ3n) is 8.46. The van der Waals surface area contributed by atoms with Crippen molar-refractivity contribution < 1.29 is 32.5 Å². The summed E-state index contributed by atoms with van der Waals surface area (Å²) in [5, 5.41) is 17.6. The Kier molecular flexibility index (Phi) is 8.28. The van der Waals surface area contributed by atoms with Crippen molar-refractivity contribution in [2.24, 2.45) is 5.41 Å². The molecule has 11 nitrogen and oxygen atoms in total. The molecule has 49 heavy (non-hydrogen) atoms. The molecule has 1 aliphatic heterocycles. The van der Waals surface area contributed by atoms with Crippen LogP contribution >= 0.6 is 11.6 Å². The van der Waals surface area contributed by atoms with Crippen molar-refractivity contribution >= 4 is 28.6 Å². The van der Waals surface area contributed by atoms with Gasteiger partial charge in [-0.1, -0.05) is 36.7 Å².